The predicted molar refractivity (Wildman–Crippen MR) is 129 cm³/mol. The highest BCUT2D eigenvalue weighted by Crippen LogP contribution is 2.54. The molecule has 0 fully saturated rings. The van der Waals surface area contributed by atoms with E-state index < -0.39 is 83.2 Å². The van der Waals surface area contributed by atoms with Crippen molar-refractivity contribution in [3.8, 4) is 11.5 Å². The summed E-state index contributed by atoms with van der Waals surface area (Å²) in [4.78, 5) is 67.5. The molecule has 1 aromatic heterocycles. The second kappa shape index (κ2) is 7.14. The number of fused-ring (bicyclic) bond motifs is 4. The monoisotopic (exact) mass is 503 g/mol. The quantitative estimate of drug-likeness (QED) is 0.205. The Bertz CT molecular complexity index is 2210. The number of phenols is 1. The van der Waals surface area contributed by atoms with E-state index in [9.17, 15) is 44.4 Å². The molecule has 0 radical (unpaired) electrons. The van der Waals surface area contributed by atoms with Crippen LogP contribution in [0, 0.1) is 10.4 Å². The minimum Gasteiger partial charge on any atom is -0.510 e. The van der Waals surface area contributed by atoms with Gasteiger partial charge in [0.2, 0.25) is 16.3 Å². The molecule has 1 aromatic carbocycles. The van der Waals surface area contributed by atoms with Crippen molar-refractivity contribution in [1.82, 2.24) is 4.98 Å². The summed E-state index contributed by atoms with van der Waals surface area (Å²) in [6, 6.07) is 3.80. The summed E-state index contributed by atoms with van der Waals surface area (Å²) in [6.45, 7) is -0.453. The highest BCUT2D eigenvalue weighted by Gasteiger charge is 2.53. The van der Waals surface area contributed by atoms with E-state index >= 15 is 0 Å². The molecular weight excluding hydrogens is 486 g/mol. The minimum atomic E-state index is -1.95. The summed E-state index contributed by atoms with van der Waals surface area (Å²) in [5.74, 6) is -2.56. The van der Waals surface area contributed by atoms with Gasteiger partial charge in [-0.2, -0.15) is 0 Å². The normalized spacial score (nSPS) is 18.2. The number of aromatic amines is 1. The number of aromatic hydroxyl groups is 1. The molecule has 0 amide bonds. The van der Waals surface area contributed by atoms with Crippen LogP contribution in [0.2, 0.25) is 0 Å². The van der Waals surface area contributed by atoms with Crippen LogP contribution in [0.3, 0.4) is 0 Å². The average molecular weight is 503 g/mol. The summed E-state index contributed by atoms with van der Waals surface area (Å²) < 4.78 is 4.86. The fourth-order valence-electron chi connectivity index (χ4n) is 5.89. The Morgan fingerprint density at radius 1 is 0.892 bits per heavy atom. The SMILES string of the molecule is COc1cc(=O)c2c(=O)c3c(c(=O)c=2c1=O)=C(O)C1(CCc2cc4cc(CO)[nH]c(=O)c4c(O)c21)C=3O. The summed E-state index contributed by atoms with van der Waals surface area (Å²) in [7, 11) is 1.12. The van der Waals surface area contributed by atoms with Gasteiger partial charge in [0.1, 0.15) is 22.7 Å². The van der Waals surface area contributed by atoms with Crippen LogP contribution in [0.5, 0.6) is 11.5 Å². The van der Waals surface area contributed by atoms with E-state index in [4.69, 9.17) is 4.74 Å². The number of aliphatic hydroxyl groups is 3. The van der Waals surface area contributed by atoms with Crippen LogP contribution in [0.1, 0.15) is 23.2 Å². The highest BCUT2D eigenvalue weighted by atomic mass is 16.5. The summed E-state index contributed by atoms with van der Waals surface area (Å²) in [6.07, 6.45) is 0.0773. The third-order valence-corrected chi connectivity index (χ3v) is 7.48. The third-order valence-electron chi connectivity index (χ3n) is 7.48. The number of methoxy groups -OCH3 is 1. The number of aliphatic hydroxyl groups excluding tert-OH is 3. The number of benzene rings is 1. The summed E-state index contributed by atoms with van der Waals surface area (Å²) in [5.41, 5.74) is -6.36. The molecular formula is C26H17NO10. The van der Waals surface area contributed by atoms with Crippen molar-refractivity contribution >= 4 is 22.3 Å². The minimum absolute atomic E-state index is 0.0708. The Hall–Kier alpha value is -4.77. The zero-order chi connectivity index (χ0) is 26.5. The van der Waals surface area contributed by atoms with Crippen molar-refractivity contribution < 1.29 is 25.2 Å². The summed E-state index contributed by atoms with van der Waals surface area (Å²) >= 11 is 0. The molecule has 4 aliphatic carbocycles. The molecule has 11 heteroatoms. The lowest BCUT2D eigenvalue weighted by atomic mass is 9.78. The standard InChI is InChI=1S/C26H17NO10/c1-37-12-6-11(29)14-15(19(12)30)21(32)17-16(20(14)31)23(34)26(24(17)35)3-2-8-4-9-5-10(7-28)27-25(36)13(9)22(33)18(8)26/h4-6,28,33-35H,2-3,7H2,1H3,(H,27,36). The molecule has 0 saturated heterocycles. The topological polar surface area (TPSA) is 191 Å². The van der Waals surface area contributed by atoms with Crippen LogP contribution >= 0.6 is 0 Å². The molecule has 11 nitrogen and oxygen atoms in total. The molecule has 1 heterocycles. The van der Waals surface area contributed by atoms with Crippen LogP contribution in [0.15, 0.2) is 42.2 Å². The van der Waals surface area contributed by atoms with Crippen molar-refractivity contribution in [2.24, 2.45) is 0 Å². The Kier molecular flexibility index (Phi) is 4.38. The van der Waals surface area contributed by atoms with Crippen LogP contribution < -0.4 is 42.4 Å². The number of hydrogen-bond acceptors (Lipinski definition) is 10. The number of ether oxygens (including phenoxy) is 1. The van der Waals surface area contributed by atoms with E-state index in [1.807, 2.05) is 0 Å². The second-order valence-corrected chi connectivity index (χ2v) is 9.17. The fourth-order valence-corrected chi connectivity index (χ4v) is 5.89. The van der Waals surface area contributed by atoms with Crippen LogP contribution in [0.4, 0.5) is 0 Å². The molecule has 6 rings (SSSR count). The van der Waals surface area contributed by atoms with Crippen molar-refractivity contribution in [3.63, 3.8) is 0 Å². The van der Waals surface area contributed by atoms with Gasteiger partial charge in [0, 0.05) is 17.3 Å². The van der Waals surface area contributed by atoms with Gasteiger partial charge in [-0.3, -0.25) is 24.0 Å². The van der Waals surface area contributed by atoms with Crippen molar-refractivity contribution in [2.75, 3.05) is 7.11 Å². The Morgan fingerprint density at radius 3 is 2.16 bits per heavy atom. The van der Waals surface area contributed by atoms with Crippen molar-refractivity contribution in [2.45, 2.75) is 24.9 Å². The van der Waals surface area contributed by atoms with Gasteiger partial charge in [0.05, 0.1) is 40.0 Å². The molecule has 5 N–H and O–H groups in total. The Morgan fingerprint density at radius 2 is 1.54 bits per heavy atom. The number of hydrogen-bond donors (Lipinski definition) is 5. The first-order valence-corrected chi connectivity index (χ1v) is 11.2. The van der Waals surface area contributed by atoms with E-state index in [1.54, 1.807) is 6.07 Å². The second-order valence-electron chi connectivity index (χ2n) is 9.17. The number of nitrogens with one attached hydrogen (secondary N) is 1. The van der Waals surface area contributed by atoms with E-state index in [2.05, 4.69) is 4.98 Å². The largest absolute Gasteiger partial charge is 0.510 e. The lowest BCUT2D eigenvalue weighted by Gasteiger charge is -2.27. The number of pyridine rings is 1. The zero-order valence-corrected chi connectivity index (χ0v) is 19.1. The molecule has 1 spiro atoms. The van der Waals surface area contributed by atoms with E-state index in [1.165, 1.54) is 6.07 Å². The zero-order valence-electron chi connectivity index (χ0n) is 19.1. The van der Waals surface area contributed by atoms with E-state index in [0.717, 1.165) is 13.2 Å². The maximum Gasteiger partial charge on any atom is 0.259 e. The number of aromatic nitrogens is 1. The van der Waals surface area contributed by atoms with Crippen LogP contribution in [0.25, 0.3) is 22.3 Å². The first-order chi connectivity index (χ1) is 17.6. The Balaban J connectivity index is 1.84. The molecule has 2 aromatic rings. The molecule has 0 saturated carbocycles. The van der Waals surface area contributed by atoms with E-state index in [-0.39, 0.29) is 29.5 Å². The maximum atomic E-state index is 13.5. The number of H-pyrrole nitrogens is 1. The molecule has 186 valence electrons. The fraction of sp³-hybridized carbons (Fsp3) is 0.192. The van der Waals surface area contributed by atoms with Gasteiger partial charge >= 0.3 is 0 Å². The lowest BCUT2D eigenvalue weighted by molar-refractivity contribution is 0.277. The van der Waals surface area contributed by atoms with Gasteiger partial charge in [0.15, 0.2) is 11.2 Å². The van der Waals surface area contributed by atoms with Gasteiger partial charge in [0.25, 0.3) is 5.56 Å². The number of rotatable bonds is 2. The van der Waals surface area contributed by atoms with Gasteiger partial charge in [-0.05, 0) is 29.9 Å². The molecule has 1 atom stereocenters. The van der Waals surface area contributed by atoms with Gasteiger partial charge in [-0.15, -0.1) is 0 Å². The van der Waals surface area contributed by atoms with Crippen LogP contribution in [-0.4, -0.2) is 32.5 Å². The Labute approximate surface area is 203 Å². The van der Waals surface area contributed by atoms with Crippen molar-refractivity contribution in [1.29, 1.82) is 0 Å². The summed E-state index contributed by atoms with van der Waals surface area (Å²) in [5, 5.41) is 40.8. The molecule has 37 heavy (non-hydrogen) atoms. The highest BCUT2D eigenvalue weighted by molar-refractivity contribution is 5.94. The van der Waals surface area contributed by atoms with Gasteiger partial charge in [-0.25, -0.2) is 0 Å². The van der Waals surface area contributed by atoms with Crippen LogP contribution in [-0.2, 0) is 18.4 Å². The third kappa shape index (κ3) is 2.50. The smallest absolute Gasteiger partial charge is 0.259 e. The molecule has 0 bridgehead atoms. The van der Waals surface area contributed by atoms with E-state index in [0.29, 0.717) is 10.9 Å². The van der Waals surface area contributed by atoms with Gasteiger partial charge in [-0.1, -0.05) is 6.07 Å². The maximum absolute atomic E-state index is 13.5. The van der Waals surface area contributed by atoms with Crippen molar-refractivity contribution in [3.05, 3.63) is 107 Å². The average Bonchev–Trinajstić information content (AvgIpc) is 3.35. The molecule has 4 aliphatic rings. The molecule has 1 unspecified atom stereocenters. The lowest BCUT2D eigenvalue weighted by Crippen LogP contribution is -2.51. The number of aryl methyl sites for hydroxylation is 1. The predicted octanol–water partition coefficient (Wildman–Crippen LogP) is -1.99. The number of phenolic OH excluding ortho intramolecular Hbond substituents is 1. The molecule has 0 aliphatic heterocycles. The first kappa shape index (κ1) is 22.7. The first-order valence-electron chi connectivity index (χ1n) is 11.2. The van der Waals surface area contributed by atoms with Gasteiger partial charge < -0.3 is 30.1 Å².